The van der Waals surface area contributed by atoms with Gasteiger partial charge in [0.1, 0.15) is 5.75 Å². The van der Waals surface area contributed by atoms with Gasteiger partial charge in [-0.05, 0) is 104 Å². The highest BCUT2D eigenvalue weighted by atomic mass is 35.5. The minimum absolute atomic E-state index is 0.0962. The van der Waals surface area contributed by atoms with Crippen molar-refractivity contribution in [3.63, 3.8) is 0 Å². The largest absolute Gasteiger partial charge is 0.490 e. The van der Waals surface area contributed by atoms with E-state index in [0.29, 0.717) is 25.4 Å². The number of carbonyl (C=O) groups excluding carboxylic acids is 1. The van der Waals surface area contributed by atoms with Crippen LogP contribution in [-0.4, -0.2) is 50.5 Å². The lowest BCUT2D eigenvalue weighted by atomic mass is 9.68. The molecule has 1 amide bonds. The van der Waals surface area contributed by atoms with E-state index in [4.69, 9.17) is 16.3 Å². The Morgan fingerprint density at radius 2 is 1.90 bits per heavy atom. The molecular formula is C33H41ClN2O5S. The zero-order valence-electron chi connectivity index (χ0n) is 24.6. The van der Waals surface area contributed by atoms with Crippen molar-refractivity contribution in [2.45, 2.75) is 69.6 Å². The number of hydrogen-bond donors (Lipinski definition) is 2. The van der Waals surface area contributed by atoms with Crippen LogP contribution in [0.2, 0.25) is 5.02 Å². The van der Waals surface area contributed by atoms with E-state index < -0.39 is 27.3 Å². The van der Waals surface area contributed by atoms with Gasteiger partial charge in [0.2, 0.25) is 10.0 Å². The smallest absolute Gasteiger partial charge is 0.264 e. The molecule has 0 unspecified atom stereocenters. The van der Waals surface area contributed by atoms with Crippen molar-refractivity contribution in [2.75, 3.05) is 24.6 Å². The van der Waals surface area contributed by atoms with E-state index in [2.05, 4.69) is 21.8 Å². The summed E-state index contributed by atoms with van der Waals surface area (Å²) in [5.74, 6) is 0.0790. The van der Waals surface area contributed by atoms with Crippen molar-refractivity contribution >= 4 is 33.2 Å². The molecule has 9 heteroatoms. The number of ether oxygens (including phenoxy) is 1. The molecule has 42 heavy (non-hydrogen) atoms. The number of anilines is 1. The third kappa shape index (κ3) is 5.35. The number of allylic oxidation sites excluding steroid dienone is 1. The van der Waals surface area contributed by atoms with Crippen LogP contribution < -0.4 is 14.4 Å². The molecule has 2 aromatic rings. The Hall–Kier alpha value is -2.55. The molecule has 0 radical (unpaired) electrons. The van der Waals surface area contributed by atoms with Crippen LogP contribution in [0.4, 0.5) is 5.69 Å². The van der Waals surface area contributed by atoms with Gasteiger partial charge in [-0.3, -0.25) is 4.79 Å². The van der Waals surface area contributed by atoms with Gasteiger partial charge in [-0.25, -0.2) is 13.1 Å². The molecule has 7 nitrogen and oxygen atoms in total. The number of nitrogens with zero attached hydrogens (tertiary/aromatic N) is 1. The number of aliphatic hydroxyl groups is 1. The molecule has 4 aliphatic rings. The second-order valence-electron chi connectivity index (χ2n) is 13.1. The third-order valence-electron chi connectivity index (χ3n) is 10.6. The first-order chi connectivity index (χ1) is 20.0. The minimum atomic E-state index is -3.94. The number of nitrogens with one attached hydrogen (secondary N) is 1. The quantitative estimate of drug-likeness (QED) is 0.382. The fourth-order valence-corrected chi connectivity index (χ4v) is 8.98. The van der Waals surface area contributed by atoms with E-state index in [1.165, 1.54) is 11.1 Å². The number of aryl methyl sites for hydroxylation is 1. The van der Waals surface area contributed by atoms with Crippen molar-refractivity contribution in [3.8, 4) is 5.75 Å². The molecule has 2 aliphatic carbocycles. The number of aliphatic hydroxyl groups excluding tert-OH is 1. The predicted molar refractivity (Wildman–Crippen MR) is 166 cm³/mol. The molecule has 226 valence electrons. The topological polar surface area (TPSA) is 95.9 Å². The summed E-state index contributed by atoms with van der Waals surface area (Å²) >= 11 is 6.39. The fourth-order valence-electron chi connectivity index (χ4n) is 7.41. The van der Waals surface area contributed by atoms with Gasteiger partial charge in [0, 0.05) is 29.1 Å². The van der Waals surface area contributed by atoms with Gasteiger partial charge in [-0.2, -0.15) is 0 Å². The monoisotopic (exact) mass is 612 g/mol. The summed E-state index contributed by atoms with van der Waals surface area (Å²) in [5, 5.41) is 11.1. The van der Waals surface area contributed by atoms with Crippen molar-refractivity contribution in [1.82, 2.24) is 4.72 Å². The predicted octanol–water partition coefficient (Wildman–Crippen LogP) is 5.49. The fraction of sp³-hybridized carbons (Fsp3) is 0.545. The Morgan fingerprint density at radius 3 is 2.67 bits per heavy atom. The van der Waals surface area contributed by atoms with Crippen LogP contribution >= 0.6 is 11.6 Å². The van der Waals surface area contributed by atoms with Crippen LogP contribution in [0.1, 0.15) is 67.9 Å². The number of hydrogen-bond acceptors (Lipinski definition) is 6. The second kappa shape index (κ2) is 11.2. The standard InChI is InChI=1S/C33H41ClN2O5S/c1-20-6-12-30(37)27-10-7-25(27)17-36-18-33(14-4-5-23-15-26(34)9-11-28(23)33)19-41-31-13-8-24(16-29(31)36)32(38)35-42(39,40)22(3)21(20)2/h6,8-9,11-13,15-16,20-22,25,27,30,37H,4-5,7,10,14,17-19H2,1-3H3,(H,35,38)/b12-6-/t20-,21+,22-,25+,27-,30-,33+/m1/s1. The van der Waals surface area contributed by atoms with Crippen molar-refractivity contribution in [2.24, 2.45) is 23.7 Å². The summed E-state index contributed by atoms with van der Waals surface area (Å²) in [7, 11) is -3.94. The number of carbonyl (C=O) groups is 1. The Morgan fingerprint density at radius 1 is 1.10 bits per heavy atom. The maximum atomic E-state index is 13.4. The number of amides is 1. The Kier molecular flexibility index (Phi) is 7.86. The summed E-state index contributed by atoms with van der Waals surface area (Å²) in [5.41, 5.74) is 3.32. The zero-order valence-corrected chi connectivity index (χ0v) is 26.1. The molecular weight excluding hydrogens is 572 g/mol. The van der Waals surface area contributed by atoms with Gasteiger partial charge in [0.05, 0.1) is 23.6 Å². The normalized spacial score (nSPS) is 35.1. The van der Waals surface area contributed by atoms with E-state index >= 15 is 0 Å². The highest BCUT2D eigenvalue weighted by molar-refractivity contribution is 7.90. The van der Waals surface area contributed by atoms with Gasteiger partial charge in [0.15, 0.2) is 0 Å². The number of fused-ring (bicyclic) bond motifs is 4. The first-order valence-electron chi connectivity index (χ1n) is 15.2. The average Bonchev–Trinajstić information content (AvgIpc) is 3.09. The van der Waals surface area contributed by atoms with Gasteiger partial charge < -0.3 is 14.7 Å². The van der Waals surface area contributed by atoms with Gasteiger partial charge in [-0.15, -0.1) is 0 Å². The maximum Gasteiger partial charge on any atom is 0.264 e. The number of sulfonamides is 1. The first kappa shape index (κ1) is 29.5. The number of benzene rings is 2. The van der Waals surface area contributed by atoms with Crippen molar-refractivity contribution in [1.29, 1.82) is 0 Å². The SMILES string of the molecule is C[C@H]1[C@H](C)/C=C\[C@@H](O)[C@@H]2CC[C@H]2CN2C[C@@]3(CCCc4cc(Cl)ccc43)COc3ccc(cc32)C(=O)NS(=O)(=O)[C@@H]1C. The van der Waals surface area contributed by atoms with Crippen LogP contribution in [-0.2, 0) is 21.9 Å². The van der Waals surface area contributed by atoms with Crippen molar-refractivity contribution in [3.05, 3.63) is 70.3 Å². The summed E-state index contributed by atoms with van der Waals surface area (Å²) in [6.45, 7) is 7.36. The van der Waals surface area contributed by atoms with Crippen molar-refractivity contribution < 1.29 is 23.1 Å². The maximum absolute atomic E-state index is 13.4. The van der Waals surface area contributed by atoms with Gasteiger partial charge in [0.25, 0.3) is 5.91 Å². The van der Waals surface area contributed by atoms with Gasteiger partial charge >= 0.3 is 0 Å². The van der Waals surface area contributed by atoms with Crippen LogP contribution in [0.5, 0.6) is 5.75 Å². The lowest BCUT2D eigenvalue weighted by Crippen LogP contribution is -2.49. The highest BCUT2D eigenvalue weighted by Gasteiger charge is 2.44. The lowest BCUT2D eigenvalue weighted by Gasteiger charge is -2.45. The average molecular weight is 613 g/mol. The van der Waals surface area contributed by atoms with Crippen LogP contribution in [0.25, 0.3) is 0 Å². The molecule has 2 aromatic carbocycles. The Balaban J connectivity index is 1.43. The number of rotatable bonds is 0. The molecule has 2 aliphatic heterocycles. The molecule has 1 saturated carbocycles. The highest BCUT2D eigenvalue weighted by Crippen LogP contribution is 2.46. The number of halogens is 1. The van der Waals surface area contributed by atoms with E-state index in [9.17, 15) is 18.3 Å². The van der Waals surface area contributed by atoms with E-state index in [0.717, 1.165) is 42.8 Å². The molecule has 2 heterocycles. The first-order valence-corrected chi connectivity index (χ1v) is 17.1. The second-order valence-corrected chi connectivity index (χ2v) is 15.5. The molecule has 7 atom stereocenters. The Labute approximate surface area is 254 Å². The minimum Gasteiger partial charge on any atom is -0.490 e. The van der Waals surface area contributed by atoms with Crippen LogP contribution in [0, 0.1) is 23.7 Å². The Bertz CT molecular complexity index is 1510. The summed E-state index contributed by atoms with van der Waals surface area (Å²) < 4.78 is 35.4. The molecule has 0 aromatic heterocycles. The van der Waals surface area contributed by atoms with Crippen LogP contribution in [0.3, 0.4) is 0 Å². The van der Waals surface area contributed by atoms with Crippen LogP contribution in [0.15, 0.2) is 48.6 Å². The molecule has 0 saturated heterocycles. The molecule has 2 bridgehead atoms. The van der Waals surface area contributed by atoms with E-state index in [1.807, 2.05) is 32.1 Å². The summed E-state index contributed by atoms with van der Waals surface area (Å²) in [6.07, 6.45) is 8.11. The molecule has 1 fully saturated rings. The zero-order chi connectivity index (χ0) is 29.8. The molecule has 1 spiro atoms. The molecule has 6 rings (SSSR count). The lowest BCUT2D eigenvalue weighted by molar-refractivity contribution is 0.0454. The molecule has 2 N–H and O–H groups in total. The van der Waals surface area contributed by atoms with E-state index in [1.54, 1.807) is 25.1 Å². The summed E-state index contributed by atoms with van der Waals surface area (Å²) in [4.78, 5) is 15.7. The van der Waals surface area contributed by atoms with E-state index in [-0.39, 0.29) is 34.7 Å². The third-order valence-corrected chi connectivity index (χ3v) is 12.7. The summed E-state index contributed by atoms with van der Waals surface area (Å²) in [6, 6.07) is 11.4. The van der Waals surface area contributed by atoms with Gasteiger partial charge in [-0.1, -0.05) is 43.7 Å².